The molecule has 5 heterocycles. The minimum Gasteiger partial charge on any atom is -0.472 e. The Morgan fingerprint density at radius 3 is 2.58 bits per heavy atom. The molecule has 2 aliphatic heterocycles. The number of carbonyl (C=O) groups is 1. The van der Waals surface area contributed by atoms with E-state index in [0.29, 0.717) is 12.1 Å². The van der Waals surface area contributed by atoms with E-state index in [9.17, 15) is 18.0 Å². The molecule has 3 aliphatic rings. The quantitative estimate of drug-likeness (QED) is 0.595. The summed E-state index contributed by atoms with van der Waals surface area (Å²) in [6, 6.07) is 5.34. The lowest BCUT2D eigenvalue weighted by molar-refractivity contribution is -0.137. The third kappa shape index (κ3) is 3.91. The molecule has 6 rings (SSSR count). The Balaban J connectivity index is 1.41. The van der Waals surface area contributed by atoms with Gasteiger partial charge in [0.1, 0.15) is 11.8 Å². The van der Waals surface area contributed by atoms with Crippen LogP contribution in [0.1, 0.15) is 42.2 Å². The molecule has 1 aliphatic carbocycles. The zero-order valence-electron chi connectivity index (χ0n) is 17.7. The van der Waals surface area contributed by atoms with E-state index in [1.807, 2.05) is 6.92 Å². The summed E-state index contributed by atoms with van der Waals surface area (Å²) in [4.78, 5) is 25.0. The van der Waals surface area contributed by atoms with Gasteiger partial charge in [-0.3, -0.25) is 4.79 Å². The van der Waals surface area contributed by atoms with Crippen LogP contribution in [0.3, 0.4) is 0 Å². The first-order valence-electron chi connectivity index (χ1n) is 10.7. The van der Waals surface area contributed by atoms with E-state index in [2.05, 4.69) is 20.2 Å². The first kappa shape index (κ1) is 21.4. The molecule has 4 atom stereocenters. The molecular weight excluding hydrogens is 437 g/mol. The third-order valence-corrected chi connectivity index (χ3v) is 6.47. The molecular formula is C22H21F3N6O2. The van der Waals surface area contributed by atoms with Crippen molar-refractivity contribution in [1.82, 2.24) is 29.9 Å². The molecule has 2 bridgehead atoms. The molecule has 0 aromatic carbocycles. The predicted molar refractivity (Wildman–Crippen MR) is 110 cm³/mol. The Morgan fingerprint density at radius 1 is 1.09 bits per heavy atom. The third-order valence-electron chi connectivity index (χ3n) is 6.47. The van der Waals surface area contributed by atoms with Crippen LogP contribution in [-0.4, -0.2) is 54.0 Å². The number of halogens is 3. The summed E-state index contributed by atoms with van der Waals surface area (Å²) in [5.74, 6) is 0.0621. The van der Waals surface area contributed by atoms with E-state index in [-0.39, 0.29) is 41.6 Å². The second-order valence-electron chi connectivity index (χ2n) is 8.32. The van der Waals surface area contributed by atoms with Gasteiger partial charge in [-0.05, 0) is 50.3 Å². The Morgan fingerprint density at radius 2 is 1.88 bits per heavy atom. The second kappa shape index (κ2) is 8.13. The van der Waals surface area contributed by atoms with E-state index >= 15 is 0 Å². The Labute approximate surface area is 187 Å². The number of fused-ring (bicyclic) bond motifs is 3. The number of hydrogen-bond acceptors (Lipinski definition) is 6. The van der Waals surface area contributed by atoms with Gasteiger partial charge in [-0.1, -0.05) is 0 Å². The van der Waals surface area contributed by atoms with Crippen LogP contribution in [0.25, 0.3) is 5.69 Å². The maximum absolute atomic E-state index is 13.7. The van der Waals surface area contributed by atoms with E-state index < -0.39 is 11.7 Å². The topological polar surface area (TPSA) is 86.0 Å². The number of nitrogens with zero attached hydrogens (tertiary/aromatic N) is 6. The summed E-state index contributed by atoms with van der Waals surface area (Å²) in [6.45, 7) is 2.01. The van der Waals surface area contributed by atoms with Crippen LogP contribution in [-0.2, 0) is 6.18 Å². The van der Waals surface area contributed by atoms with Gasteiger partial charge in [-0.15, -0.1) is 4.80 Å². The van der Waals surface area contributed by atoms with Crippen LogP contribution in [0.4, 0.5) is 13.2 Å². The van der Waals surface area contributed by atoms with Crippen LogP contribution in [0.5, 0.6) is 5.88 Å². The Bertz CT molecular complexity index is 1140. The highest BCUT2D eigenvalue weighted by Gasteiger charge is 2.49. The number of hydrogen-bond donors (Lipinski definition) is 0. The van der Waals surface area contributed by atoms with Gasteiger partial charge < -0.3 is 9.64 Å². The molecule has 3 aromatic heterocycles. The number of piperidine rings is 2. The first-order chi connectivity index (χ1) is 15.8. The van der Waals surface area contributed by atoms with Crippen molar-refractivity contribution in [3.63, 3.8) is 0 Å². The van der Waals surface area contributed by atoms with Crippen LogP contribution in [0.15, 0.2) is 49.1 Å². The van der Waals surface area contributed by atoms with Crippen molar-refractivity contribution in [3.8, 4) is 11.6 Å². The van der Waals surface area contributed by atoms with Crippen molar-refractivity contribution in [2.75, 3.05) is 0 Å². The number of amides is 1. The molecule has 0 unspecified atom stereocenters. The molecule has 11 heteroatoms. The number of carbonyl (C=O) groups excluding carboxylic acids is 1. The predicted octanol–water partition coefficient (Wildman–Crippen LogP) is 3.54. The minimum atomic E-state index is -4.46. The molecule has 172 valence electrons. The van der Waals surface area contributed by atoms with Crippen LogP contribution in [0.2, 0.25) is 0 Å². The van der Waals surface area contributed by atoms with Crippen LogP contribution in [0, 0.1) is 5.92 Å². The van der Waals surface area contributed by atoms with Crippen molar-refractivity contribution in [2.45, 2.75) is 50.6 Å². The van der Waals surface area contributed by atoms with Gasteiger partial charge in [0.2, 0.25) is 5.88 Å². The SMILES string of the molecule is C[C@@H]1[C@@H]2CC[C@@H]([C@H](Oc3ccc(C(F)(F)F)cn3)C2)N1C(=O)c1ncccc1-n1nccn1. The molecule has 2 saturated heterocycles. The molecule has 0 N–H and O–H groups in total. The highest BCUT2D eigenvalue weighted by molar-refractivity contribution is 5.96. The van der Waals surface area contributed by atoms with Gasteiger partial charge in [-0.2, -0.15) is 23.4 Å². The van der Waals surface area contributed by atoms with Crippen molar-refractivity contribution in [2.24, 2.45) is 5.92 Å². The van der Waals surface area contributed by atoms with Gasteiger partial charge in [0.15, 0.2) is 5.69 Å². The molecule has 1 amide bonds. The minimum absolute atomic E-state index is 0.0305. The van der Waals surface area contributed by atoms with Gasteiger partial charge in [0.05, 0.1) is 24.0 Å². The summed E-state index contributed by atoms with van der Waals surface area (Å²) in [7, 11) is 0. The summed E-state index contributed by atoms with van der Waals surface area (Å²) in [6.07, 6.45) is 2.91. The first-order valence-corrected chi connectivity index (χ1v) is 10.7. The molecule has 3 aromatic rings. The number of aromatic nitrogens is 5. The maximum atomic E-state index is 13.7. The van der Waals surface area contributed by atoms with E-state index in [1.165, 1.54) is 23.3 Å². The maximum Gasteiger partial charge on any atom is 0.417 e. The standard InChI is InChI=1S/C22H21F3N6O2/c1-13-14-4-6-16(18(11-14)33-19-7-5-15(12-27-19)22(23,24)25)30(13)21(32)20-17(3-2-8-26-20)31-28-9-10-29-31/h2-3,5,7-10,12-14,16,18H,4,6,11H2,1H3/t13-,14-,16+,18-/m1/s1. The summed E-state index contributed by atoms with van der Waals surface area (Å²) in [5, 5.41) is 8.24. The molecule has 3 fully saturated rings. The lowest BCUT2D eigenvalue weighted by Crippen LogP contribution is -2.63. The number of rotatable bonds is 4. The Hall–Kier alpha value is -3.50. The summed E-state index contributed by atoms with van der Waals surface area (Å²) < 4.78 is 44.5. The highest BCUT2D eigenvalue weighted by Crippen LogP contribution is 2.42. The molecule has 0 spiro atoms. The van der Waals surface area contributed by atoms with Crippen molar-refractivity contribution < 1.29 is 22.7 Å². The number of pyridine rings is 2. The zero-order chi connectivity index (χ0) is 23.2. The largest absolute Gasteiger partial charge is 0.472 e. The van der Waals surface area contributed by atoms with Gasteiger partial charge in [0.25, 0.3) is 5.91 Å². The summed E-state index contributed by atoms with van der Waals surface area (Å²) in [5.41, 5.74) is -0.122. The molecule has 33 heavy (non-hydrogen) atoms. The monoisotopic (exact) mass is 458 g/mol. The zero-order valence-corrected chi connectivity index (χ0v) is 17.7. The molecule has 1 saturated carbocycles. The normalized spacial score (nSPS) is 24.7. The van der Waals surface area contributed by atoms with Crippen LogP contribution < -0.4 is 4.74 Å². The Kier molecular flexibility index (Phi) is 5.26. The molecule has 0 radical (unpaired) electrons. The lowest BCUT2D eigenvalue weighted by Gasteiger charge is -2.53. The van der Waals surface area contributed by atoms with E-state index in [1.54, 1.807) is 23.2 Å². The number of ether oxygens (including phenoxy) is 1. The summed E-state index contributed by atoms with van der Waals surface area (Å²) >= 11 is 0. The fourth-order valence-electron chi connectivity index (χ4n) is 4.85. The fraction of sp³-hybridized carbons (Fsp3) is 0.409. The van der Waals surface area contributed by atoms with E-state index in [0.717, 1.165) is 25.1 Å². The van der Waals surface area contributed by atoms with Gasteiger partial charge in [0, 0.05) is 24.5 Å². The van der Waals surface area contributed by atoms with Crippen molar-refractivity contribution in [3.05, 3.63) is 60.3 Å². The smallest absolute Gasteiger partial charge is 0.417 e. The second-order valence-corrected chi connectivity index (χ2v) is 8.32. The average molecular weight is 458 g/mol. The average Bonchev–Trinajstić information content (AvgIpc) is 3.34. The number of alkyl halides is 3. The molecule has 8 nitrogen and oxygen atoms in total. The van der Waals surface area contributed by atoms with Crippen LogP contribution >= 0.6 is 0 Å². The van der Waals surface area contributed by atoms with E-state index in [4.69, 9.17) is 4.74 Å². The van der Waals surface area contributed by atoms with Gasteiger partial charge in [-0.25, -0.2) is 9.97 Å². The van der Waals surface area contributed by atoms with Gasteiger partial charge >= 0.3 is 6.18 Å². The van der Waals surface area contributed by atoms with Crippen molar-refractivity contribution >= 4 is 5.91 Å². The highest BCUT2D eigenvalue weighted by atomic mass is 19.4. The lowest BCUT2D eigenvalue weighted by atomic mass is 9.73. The fourth-order valence-corrected chi connectivity index (χ4v) is 4.85. The van der Waals surface area contributed by atoms with Crippen molar-refractivity contribution in [1.29, 1.82) is 0 Å².